The SMILES string of the molecule is C[C@H]1CC(=O)C=CN1C(=O)OC(C)(C)C. The van der Waals surface area contributed by atoms with Gasteiger partial charge in [-0.25, -0.2) is 4.79 Å². The summed E-state index contributed by atoms with van der Waals surface area (Å²) in [7, 11) is 0. The maximum Gasteiger partial charge on any atom is 0.414 e. The molecule has 0 saturated carbocycles. The monoisotopic (exact) mass is 211 g/mol. The number of ketones is 1. The number of carbonyl (C=O) groups excluding carboxylic acids is 2. The maximum atomic E-state index is 11.7. The van der Waals surface area contributed by atoms with Gasteiger partial charge >= 0.3 is 6.09 Å². The number of hydrogen-bond acceptors (Lipinski definition) is 3. The number of ether oxygens (including phenoxy) is 1. The van der Waals surface area contributed by atoms with Crippen molar-refractivity contribution in [1.82, 2.24) is 4.90 Å². The summed E-state index contributed by atoms with van der Waals surface area (Å²) < 4.78 is 5.21. The number of nitrogens with zero attached hydrogens (tertiary/aromatic N) is 1. The standard InChI is InChI=1S/C11H17NO3/c1-8-7-9(13)5-6-12(8)10(14)15-11(2,3)4/h5-6,8H,7H2,1-4H3/t8-/m0/s1. The second-order valence-electron chi connectivity index (χ2n) is 4.72. The molecule has 0 aliphatic carbocycles. The van der Waals surface area contributed by atoms with E-state index < -0.39 is 11.7 Å². The van der Waals surface area contributed by atoms with Gasteiger partial charge in [0.15, 0.2) is 5.78 Å². The summed E-state index contributed by atoms with van der Waals surface area (Å²) in [6.45, 7) is 7.27. The van der Waals surface area contributed by atoms with Crippen LogP contribution in [0.4, 0.5) is 4.79 Å². The first kappa shape index (κ1) is 11.8. The normalized spacial score (nSPS) is 21.7. The van der Waals surface area contributed by atoms with Crippen molar-refractivity contribution in [2.75, 3.05) is 0 Å². The second kappa shape index (κ2) is 4.04. The van der Waals surface area contributed by atoms with E-state index >= 15 is 0 Å². The van der Waals surface area contributed by atoms with Gasteiger partial charge in [0.05, 0.1) is 0 Å². The molecule has 1 aliphatic rings. The Morgan fingerprint density at radius 2 is 2.13 bits per heavy atom. The first-order chi connectivity index (χ1) is 6.79. The molecule has 1 heterocycles. The van der Waals surface area contributed by atoms with E-state index in [9.17, 15) is 9.59 Å². The van der Waals surface area contributed by atoms with Crippen LogP contribution in [0.15, 0.2) is 12.3 Å². The van der Waals surface area contributed by atoms with Crippen molar-refractivity contribution in [1.29, 1.82) is 0 Å². The molecule has 0 spiro atoms. The molecule has 0 aromatic rings. The predicted molar refractivity (Wildman–Crippen MR) is 56.3 cm³/mol. The van der Waals surface area contributed by atoms with Crippen LogP contribution in [0, 0.1) is 0 Å². The Balaban J connectivity index is 2.68. The van der Waals surface area contributed by atoms with Crippen LogP contribution in [0.25, 0.3) is 0 Å². The first-order valence-corrected chi connectivity index (χ1v) is 5.02. The van der Waals surface area contributed by atoms with Crippen LogP contribution < -0.4 is 0 Å². The van der Waals surface area contributed by atoms with Crippen LogP contribution in [-0.2, 0) is 9.53 Å². The molecule has 0 saturated heterocycles. The Labute approximate surface area is 89.9 Å². The van der Waals surface area contributed by atoms with E-state index in [0.29, 0.717) is 6.42 Å². The molecular formula is C11H17NO3. The van der Waals surface area contributed by atoms with E-state index in [1.54, 1.807) is 0 Å². The summed E-state index contributed by atoms with van der Waals surface area (Å²) in [6.07, 6.45) is 2.85. The van der Waals surface area contributed by atoms with Crippen LogP contribution >= 0.6 is 0 Å². The minimum atomic E-state index is -0.508. The molecule has 1 aliphatic heterocycles. The highest BCUT2D eigenvalue weighted by atomic mass is 16.6. The number of allylic oxidation sites excluding steroid dienone is 1. The summed E-state index contributed by atoms with van der Waals surface area (Å²) in [6, 6.07) is -0.127. The van der Waals surface area contributed by atoms with Gasteiger partial charge in [-0.2, -0.15) is 0 Å². The second-order valence-corrected chi connectivity index (χ2v) is 4.72. The molecule has 1 amide bonds. The van der Waals surface area contributed by atoms with Gasteiger partial charge in [-0.15, -0.1) is 0 Å². The van der Waals surface area contributed by atoms with Gasteiger partial charge in [-0.3, -0.25) is 9.69 Å². The van der Waals surface area contributed by atoms with Gasteiger partial charge in [-0.1, -0.05) is 0 Å². The highest BCUT2D eigenvalue weighted by molar-refractivity contribution is 5.92. The molecule has 0 N–H and O–H groups in total. The van der Waals surface area contributed by atoms with Gasteiger partial charge in [0.2, 0.25) is 0 Å². The van der Waals surface area contributed by atoms with Crippen molar-refractivity contribution in [3.63, 3.8) is 0 Å². The van der Waals surface area contributed by atoms with Crippen LogP contribution in [0.1, 0.15) is 34.1 Å². The van der Waals surface area contributed by atoms with Gasteiger partial charge in [-0.05, 0) is 33.8 Å². The molecule has 1 rings (SSSR count). The molecular weight excluding hydrogens is 194 g/mol. The molecule has 0 radical (unpaired) electrons. The lowest BCUT2D eigenvalue weighted by molar-refractivity contribution is -0.116. The number of amides is 1. The highest BCUT2D eigenvalue weighted by Crippen LogP contribution is 2.16. The number of carbonyl (C=O) groups is 2. The third-order valence-corrected chi connectivity index (χ3v) is 2.00. The smallest absolute Gasteiger partial charge is 0.414 e. The zero-order chi connectivity index (χ0) is 11.6. The van der Waals surface area contributed by atoms with Crippen LogP contribution in [-0.4, -0.2) is 28.4 Å². The lowest BCUT2D eigenvalue weighted by atomic mass is 10.1. The van der Waals surface area contributed by atoms with Gasteiger partial charge in [0, 0.05) is 18.7 Å². The van der Waals surface area contributed by atoms with E-state index in [0.717, 1.165) is 0 Å². The van der Waals surface area contributed by atoms with Gasteiger partial charge < -0.3 is 4.74 Å². The first-order valence-electron chi connectivity index (χ1n) is 5.02. The third kappa shape index (κ3) is 3.38. The molecule has 0 aromatic heterocycles. The molecule has 1 atom stereocenters. The zero-order valence-electron chi connectivity index (χ0n) is 9.61. The summed E-state index contributed by atoms with van der Waals surface area (Å²) in [5, 5.41) is 0. The lowest BCUT2D eigenvalue weighted by Gasteiger charge is -2.30. The highest BCUT2D eigenvalue weighted by Gasteiger charge is 2.27. The number of rotatable bonds is 0. The van der Waals surface area contributed by atoms with Crippen LogP contribution in [0.2, 0.25) is 0 Å². The topological polar surface area (TPSA) is 46.6 Å². The van der Waals surface area contributed by atoms with Crippen molar-refractivity contribution in [3.05, 3.63) is 12.3 Å². The molecule has 4 nitrogen and oxygen atoms in total. The van der Waals surface area contributed by atoms with Gasteiger partial charge in [0.1, 0.15) is 5.60 Å². The summed E-state index contributed by atoms with van der Waals surface area (Å²) >= 11 is 0. The van der Waals surface area contributed by atoms with Crippen molar-refractivity contribution in [2.24, 2.45) is 0 Å². The van der Waals surface area contributed by atoms with E-state index in [4.69, 9.17) is 4.74 Å². The minimum absolute atomic E-state index is 0.0438. The summed E-state index contributed by atoms with van der Waals surface area (Å²) in [5.41, 5.74) is -0.508. The lowest BCUT2D eigenvalue weighted by Crippen LogP contribution is -2.41. The van der Waals surface area contributed by atoms with E-state index in [1.165, 1.54) is 17.2 Å². The minimum Gasteiger partial charge on any atom is -0.443 e. The van der Waals surface area contributed by atoms with E-state index in [-0.39, 0.29) is 11.8 Å². The Bertz CT molecular complexity index is 301. The Morgan fingerprint density at radius 3 is 2.60 bits per heavy atom. The van der Waals surface area contributed by atoms with Crippen molar-refractivity contribution in [2.45, 2.75) is 45.8 Å². The average molecular weight is 211 g/mol. The molecule has 4 heteroatoms. The number of hydrogen-bond donors (Lipinski definition) is 0. The fourth-order valence-electron chi connectivity index (χ4n) is 1.32. The summed E-state index contributed by atoms with van der Waals surface area (Å²) in [4.78, 5) is 24.2. The largest absolute Gasteiger partial charge is 0.443 e. The van der Waals surface area contributed by atoms with Gasteiger partial charge in [0.25, 0.3) is 0 Å². The predicted octanol–water partition coefficient (Wildman–Crippen LogP) is 2.10. The fourth-order valence-corrected chi connectivity index (χ4v) is 1.32. The third-order valence-electron chi connectivity index (χ3n) is 2.00. The molecule has 84 valence electrons. The van der Waals surface area contributed by atoms with E-state index in [2.05, 4.69) is 0 Å². The average Bonchev–Trinajstić information content (AvgIpc) is 1.99. The van der Waals surface area contributed by atoms with Crippen molar-refractivity contribution < 1.29 is 14.3 Å². The zero-order valence-corrected chi connectivity index (χ0v) is 9.61. The maximum absolute atomic E-state index is 11.7. The molecule has 0 bridgehead atoms. The van der Waals surface area contributed by atoms with E-state index in [1.807, 2.05) is 27.7 Å². The molecule has 0 aromatic carbocycles. The van der Waals surface area contributed by atoms with Crippen molar-refractivity contribution in [3.8, 4) is 0 Å². The van der Waals surface area contributed by atoms with Crippen molar-refractivity contribution >= 4 is 11.9 Å². The van der Waals surface area contributed by atoms with Crippen LogP contribution in [0.3, 0.4) is 0 Å². The Hall–Kier alpha value is -1.32. The molecule has 15 heavy (non-hydrogen) atoms. The Kier molecular flexibility index (Phi) is 3.17. The fraction of sp³-hybridized carbons (Fsp3) is 0.636. The quantitative estimate of drug-likeness (QED) is 0.616. The molecule has 0 fully saturated rings. The van der Waals surface area contributed by atoms with Crippen LogP contribution in [0.5, 0.6) is 0 Å². The summed E-state index contributed by atoms with van der Waals surface area (Å²) in [5.74, 6) is 0.0438. The molecule has 0 unspecified atom stereocenters. The Morgan fingerprint density at radius 1 is 1.53 bits per heavy atom.